The Morgan fingerprint density at radius 3 is 2.25 bits per heavy atom. The molecule has 0 heterocycles. The van der Waals surface area contributed by atoms with E-state index in [1.165, 1.54) is 0 Å². The number of aliphatic carboxylic acids is 1. The highest BCUT2D eigenvalue weighted by molar-refractivity contribution is 6.07. The normalized spacial score (nSPS) is 12.1. The van der Waals surface area contributed by atoms with Crippen LogP contribution in [0.2, 0.25) is 0 Å². The van der Waals surface area contributed by atoms with Crippen LogP contribution in [0.5, 0.6) is 0 Å². The lowest BCUT2D eigenvalue weighted by atomic mass is 9.93. The van der Waals surface area contributed by atoms with Gasteiger partial charge in [0.1, 0.15) is 5.92 Å². The van der Waals surface area contributed by atoms with Gasteiger partial charge in [0.05, 0.1) is 0 Å². The number of Topliss-reactive ketones (excluding diaryl/α,β-unsaturated/α-hetero) is 1. The minimum Gasteiger partial charge on any atom is -0.481 e. The molecule has 0 saturated heterocycles. The molecule has 3 N–H and O–H groups in total. The van der Waals surface area contributed by atoms with Crippen LogP contribution in [0.4, 0.5) is 0 Å². The Hall–Kier alpha value is -1.16. The summed E-state index contributed by atoms with van der Waals surface area (Å²) in [7, 11) is 0. The maximum Gasteiger partial charge on any atom is 0.314 e. The number of ketones is 1. The molecule has 16 heavy (non-hydrogen) atoms. The average Bonchev–Trinajstić information content (AvgIpc) is 2.21. The van der Waals surface area contributed by atoms with E-state index in [2.05, 4.69) is 6.58 Å². The van der Waals surface area contributed by atoms with E-state index in [0.717, 1.165) is 25.7 Å². The van der Waals surface area contributed by atoms with Gasteiger partial charge < -0.3 is 10.8 Å². The van der Waals surface area contributed by atoms with Crippen molar-refractivity contribution in [3.8, 4) is 0 Å². The molecule has 4 nitrogen and oxygen atoms in total. The molecule has 0 saturated carbocycles. The summed E-state index contributed by atoms with van der Waals surface area (Å²) in [6.07, 6.45) is 4.00. The summed E-state index contributed by atoms with van der Waals surface area (Å²) in [4.78, 5) is 22.4. The molecule has 1 unspecified atom stereocenters. The number of hydrogen-bond acceptors (Lipinski definition) is 3. The molecule has 0 aliphatic rings. The van der Waals surface area contributed by atoms with Gasteiger partial charge in [-0.05, 0) is 31.9 Å². The van der Waals surface area contributed by atoms with Crippen LogP contribution in [-0.4, -0.2) is 23.4 Å². The maximum absolute atomic E-state index is 11.5. The first-order valence-electron chi connectivity index (χ1n) is 5.63. The lowest BCUT2D eigenvalue weighted by molar-refractivity contribution is -0.145. The molecule has 0 aliphatic carbocycles. The van der Waals surface area contributed by atoms with E-state index in [9.17, 15) is 9.59 Å². The van der Waals surface area contributed by atoms with Gasteiger partial charge in [0.15, 0.2) is 5.78 Å². The second-order valence-corrected chi connectivity index (χ2v) is 4.03. The Morgan fingerprint density at radius 2 is 1.81 bits per heavy atom. The first-order chi connectivity index (χ1) is 7.50. The van der Waals surface area contributed by atoms with E-state index >= 15 is 0 Å². The predicted octanol–water partition coefficient (Wildman–Crippen LogP) is 1.74. The third kappa shape index (κ3) is 5.66. The molecule has 0 aromatic carbocycles. The maximum atomic E-state index is 11.5. The molecule has 92 valence electrons. The second kappa shape index (κ2) is 8.05. The molecule has 0 amide bonds. The van der Waals surface area contributed by atoms with Crippen molar-refractivity contribution < 1.29 is 14.7 Å². The topological polar surface area (TPSA) is 80.4 Å². The lowest BCUT2D eigenvalue weighted by Crippen LogP contribution is -2.24. The zero-order valence-electron chi connectivity index (χ0n) is 9.87. The average molecular weight is 227 g/mol. The van der Waals surface area contributed by atoms with Crippen LogP contribution in [0.1, 0.15) is 39.0 Å². The van der Waals surface area contributed by atoms with E-state index in [0.29, 0.717) is 18.5 Å². The Bertz CT molecular complexity index is 261. The molecule has 0 radical (unpaired) electrons. The SMILES string of the molecule is C=C(C)C(=O)C(CCCCCCN)C(=O)O. The molecular weight excluding hydrogens is 206 g/mol. The number of carboxylic acids is 1. The minimum atomic E-state index is -1.05. The highest BCUT2D eigenvalue weighted by atomic mass is 16.4. The summed E-state index contributed by atoms with van der Waals surface area (Å²) in [5.74, 6) is -2.33. The van der Waals surface area contributed by atoms with Crippen molar-refractivity contribution in [2.24, 2.45) is 11.7 Å². The van der Waals surface area contributed by atoms with Crippen molar-refractivity contribution in [2.75, 3.05) is 6.54 Å². The van der Waals surface area contributed by atoms with Crippen molar-refractivity contribution in [3.63, 3.8) is 0 Å². The second-order valence-electron chi connectivity index (χ2n) is 4.03. The monoisotopic (exact) mass is 227 g/mol. The van der Waals surface area contributed by atoms with Crippen LogP contribution in [0, 0.1) is 5.92 Å². The number of carbonyl (C=O) groups is 2. The number of unbranched alkanes of at least 4 members (excludes halogenated alkanes) is 3. The van der Waals surface area contributed by atoms with Gasteiger partial charge in [-0.1, -0.05) is 25.8 Å². The van der Waals surface area contributed by atoms with Crippen molar-refractivity contribution in [3.05, 3.63) is 12.2 Å². The van der Waals surface area contributed by atoms with Gasteiger partial charge in [0.2, 0.25) is 0 Å². The van der Waals surface area contributed by atoms with Crippen LogP contribution in [0.25, 0.3) is 0 Å². The van der Waals surface area contributed by atoms with Crippen LogP contribution >= 0.6 is 0 Å². The fourth-order valence-electron chi connectivity index (χ4n) is 1.51. The number of carboxylic acid groups (broad SMARTS) is 1. The zero-order valence-corrected chi connectivity index (χ0v) is 9.87. The fraction of sp³-hybridized carbons (Fsp3) is 0.667. The first-order valence-corrected chi connectivity index (χ1v) is 5.63. The van der Waals surface area contributed by atoms with Crippen molar-refractivity contribution in [1.82, 2.24) is 0 Å². The van der Waals surface area contributed by atoms with E-state index in [1.54, 1.807) is 6.92 Å². The van der Waals surface area contributed by atoms with E-state index in [-0.39, 0.29) is 5.78 Å². The zero-order chi connectivity index (χ0) is 12.6. The van der Waals surface area contributed by atoms with Gasteiger partial charge in [-0.15, -0.1) is 0 Å². The van der Waals surface area contributed by atoms with Gasteiger partial charge in [-0.3, -0.25) is 9.59 Å². The number of carbonyl (C=O) groups excluding carboxylic acids is 1. The summed E-state index contributed by atoms with van der Waals surface area (Å²) >= 11 is 0. The molecule has 0 aliphatic heterocycles. The Labute approximate surface area is 96.5 Å². The number of nitrogens with two attached hydrogens (primary N) is 1. The summed E-state index contributed by atoms with van der Waals surface area (Å²) in [5.41, 5.74) is 5.66. The molecular formula is C12H21NO3. The summed E-state index contributed by atoms with van der Waals surface area (Å²) in [6, 6.07) is 0. The summed E-state index contributed by atoms with van der Waals surface area (Å²) in [5, 5.41) is 8.91. The minimum absolute atomic E-state index is 0.314. The van der Waals surface area contributed by atoms with Gasteiger partial charge in [-0.25, -0.2) is 0 Å². The van der Waals surface area contributed by atoms with Crippen LogP contribution in [0.3, 0.4) is 0 Å². The molecule has 1 atom stereocenters. The van der Waals surface area contributed by atoms with Crippen molar-refractivity contribution in [2.45, 2.75) is 39.0 Å². The molecule has 0 spiro atoms. The smallest absolute Gasteiger partial charge is 0.314 e. The third-order valence-corrected chi connectivity index (χ3v) is 2.48. The van der Waals surface area contributed by atoms with Gasteiger partial charge in [0.25, 0.3) is 0 Å². The van der Waals surface area contributed by atoms with Gasteiger partial charge in [-0.2, -0.15) is 0 Å². The Morgan fingerprint density at radius 1 is 1.25 bits per heavy atom. The predicted molar refractivity (Wildman–Crippen MR) is 63.1 cm³/mol. The van der Waals surface area contributed by atoms with Crippen molar-refractivity contribution >= 4 is 11.8 Å². The molecule has 0 aromatic heterocycles. The van der Waals surface area contributed by atoms with Crippen molar-refractivity contribution in [1.29, 1.82) is 0 Å². The number of hydrogen-bond donors (Lipinski definition) is 2. The molecule has 0 aromatic rings. The molecule has 0 fully saturated rings. The van der Waals surface area contributed by atoms with E-state index in [4.69, 9.17) is 10.8 Å². The Kier molecular flexibility index (Phi) is 7.46. The van der Waals surface area contributed by atoms with Crippen LogP contribution < -0.4 is 5.73 Å². The fourth-order valence-corrected chi connectivity index (χ4v) is 1.51. The molecule has 0 bridgehead atoms. The highest BCUT2D eigenvalue weighted by Crippen LogP contribution is 2.15. The number of rotatable bonds is 9. The summed E-state index contributed by atoms with van der Waals surface area (Å²) in [6.45, 7) is 5.69. The highest BCUT2D eigenvalue weighted by Gasteiger charge is 2.25. The number of allylic oxidation sites excluding steroid dienone is 1. The van der Waals surface area contributed by atoms with Gasteiger partial charge in [0, 0.05) is 0 Å². The van der Waals surface area contributed by atoms with Crippen LogP contribution in [-0.2, 0) is 9.59 Å². The summed E-state index contributed by atoms with van der Waals surface area (Å²) < 4.78 is 0. The van der Waals surface area contributed by atoms with E-state index < -0.39 is 11.9 Å². The van der Waals surface area contributed by atoms with Crippen LogP contribution in [0.15, 0.2) is 12.2 Å². The van der Waals surface area contributed by atoms with E-state index in [1.807, 2.05) is 0 Å². The molecule has 4 heteroatoms. The standard InChI is InChI=1S/C12H21NO3/c1-9(2)11(14)10(12(15)16)7-5-3-4-6-8-13/h10H,1,3-8,13H2,2H3,(H,15,16). The van der Waals surface area contributed by atoms with Gasteiger partial charge >= 0.3 is 5.97 Å². The lowest BCUT2D eigenvalue weighted by Gasteiger charge is -2.10. The quantitative estimate of drug-likeness (QED) is 0.357. The third-order valence-electron chi connectivity index (χ3n) is 2.48. The largest absolute Gasteiger partial charge is 0.481 e. The first kappa shape index (κ1) is 14.8. The molecule has 0 rings (SSSR count). The Balaban J connectivity index is 4.01.